The van der Waals surface area contributed by atoms with Crippen molar-refractivity contribution in [3.63, 3.8) is 0 Å². The number of para-hydroxylation sites is 2. The summed E-state index contributed by atoms with van der Waals surface area (Å²) in [6.07, 6.45) is 4.69. The average Bonchev–Trinajstić information content (AvgIpc) is 3.12. The lowest BCUT2D eigenvalue weighted by atomic mass is 10.1. The van der Waals surface area contributed by atoms with Gasteiger partial charge in [-0.25, -0.2) is 0 Å². The fraction of sp³-hybridized carbons (Fsp3) is 0.400. The summed E-state index contributed by atoms with van der Waals surface area (Å²) in [5, 5.41) is 3.49. The summed E-state index contributed by atoms with van der Waals surface area (Å²) in [6.45, 7) is 2.45. The first-order valence-electron chi connectivity index (χ1n) is 8.53. The highest BCUT2D eigenvalue weighted by atomic mass is 16.5. The molecule has 0 saturated carbocycles. The molecule has 0 aliphatic carbocycles. The summed E-state index contributed by atoms with van der Waals surface area (Å²) in [5.41, 5.74) is 2.45. The SMILES string of the molecule is c1ccc(CCCNc2ccccc2OCC2CCCO2)cc1. The van der Waals surface area contributed by atoms with Crippen LogP contribution in [0.15, 0.2) is 54.6 Å². The molecule has 23 heavy (non-hydrogen) atoms. The molecule has 2 aromatic carbocycles. The zero-order valence-electron chi connectivity index (χ0n) is 13.5. The van der Waals surface area contributed by atoms with Crippen molar-refractivity contribution in [2.75, 3.05) is 25.1 Å². The first-order chi connectivity index (χ1) is 11.4. The van der Waals surface area contributed by atoms with Gasteiger partial charge in [0, 0.05) is 13.2 Å². The molecule has 122 valence electrons. The van der Waals surface area contributed by atoms with Crippen molar-refractivity contribution in [2.24, 2.45) is 0 Å². The smallest absolute Gasteiger partial charge is 0.142 e. The van der Waals surface area contributed by atoms with Gasteiger partial charge in [-0.05, 0) is 43.4 Å². The molecule has 0 spiro atoms. The molecule has 1 unspecified atom stereocenters. The van der Waals surface area contributed by atoms with Crippen LogP contribution in [0, 0.1) is 0 Å². The van der Waals surface area contributed by atoms with E-state index < -0.39 is 0 Å². The van der Waals surface area contributed by atoms with Gasteiger partial charge in [-0.15, -0.1) is 0 Å². The highest BCUT2D eigenvalue weighted by molar-refractivity contribution is 5.56. The molecule has 1 saturated heterocycles. The van der Waals surface area contributed by atoms with Gasteiger partial charge >= 0.3 is 0 Å². The van der Waals surface area contributed by atoms with Crippen LogP contribution in [0.25, 0.3) is 0 Å². The molecule has 1 fully saturated rings. The van der Waals surface area contributed by atoms with Gasteiger partial charge in [0.2, 0.25) is 0 Å². The van der Waals surface area contributed by atoms with Crippen LogP contribution in [0.4, 0.5) is 5.69 Å². The number of hydrogen-bond donors (Lipinski definition) is 1. The van der Waals surface area contributed by atoms with Gasteiger partial charge < -0.3 is 14.8 Å². The number of ether oxygens (including phenoxy) is 2. The zero-order chi connectivity index (χ0) is 15.7. The molecule has 0 bridgehead atoms. The van der Waals surface area contributed by atoms with Gasteiger partial charge in [0.05, 0.1) is 11.8 Å². The van der Waals surface area contributed by atoms with E-state index in [1.807, 2.05) is 18.2 Å². The van der Waals surface area contributed by atoms with E-state index in [0.29, 0.717) is 6.61 Å². The van der Waals surface area contributed by atoms with E-state index in [4.69, 9.17) is 9.47 Å². The van der Waals surface area contributed by atoms with E-state index in [2.05, 4.69) is 41.7 Å². The van der Waals surface area contributed by atoms with Crippen molar-refractivity contribution in [2.45, 2.75) is 31.8 Å². The van der Waals surface area contributed by atoms with E-state index in [9.17, 15) is 0 Å². The van der Waals surface area contributed by atoms with Crippen LogP contribution in [0.5, 0.6) is 5.75 Å². The average molecular weight is 311 g/mol. The number of benzene rings is 2. The van der Waals surface area contributed by atoms with E-state index in [0.717, 1.165) is 50.3 Å². The molecule has 0 amide bonds. The molecule has 3 rings (SSSR count). The molecule has 0 aromatic heterocycles. The summed E-state index contributed by atoms with van der Waals surface area (Å²) < 4.78 is 11.6. The largest absolute Gasteiger partial charge is 0.489 e. The van der Waals surface area contributed by atoms with Crippen LogP contribution in [-0.2, 0) is 11.2 Å². The second kappa shape index (κ2) is 8.59. The van der Waals surface area contributed by atoms with Gasteiger partial charge in [-0.3, -0.25) is 0 Å². The fourth-order valence-corrected chi connectivity index (χ4v) is 2.86. The van der Waals surface area contributed by atoms with Gasteiger partial charge in [-0.1, -0.05) is 42.5 Å². The second-order valence-corrected chi connectivity index (χ2v) is 5.96. The maximum absolute atomic E-state index is 5.95. The molecular weight excluding hydrogens is 286 g/mol. The Balaban J connectivity index is 1.45. The quantitative estimate of drug-likeness (QED) is 0.738. The highest BCUT2D eigenvalue weighted by Crippen LogP contribution is 2.25. The Morgan fingerprint density at radius 3 is 2.70 bits per heavy atom. The van der Waals surface area contributed by atoms with E-state index >= 15 is 0 Å². The zero-order valence-corrected chi connectivity index (χ0v) is 13.5. The topological polar surface area (TPSA) is 30.5 Å². The third kappa shape index (κ3) is 5.00. The fourth-order valence-electron chi connectivity index (χ4n) is 2.86. The molecule has 0 radical (unpaired) electrons. The lowest BCUT2D eigenvalue weighted by Crippen LogP contribution is -2.17. The predicted octanol–water partition coefficient (Wildman–Crippen LogP) is 4.29. The van der Waals surface area contributed by atoms with Crippen LogP contribution in [-0.4, -0.2) is 25.9 Å². The Labute approximate surface area is 138 Å². The van der Waals surface area contributed by atoms with Crippen LogP contribution in [0.2, 0.25) is 0 Å². The molecule has 3 nitrogen and oxygen atoms in total. The Hall–Kier alpha value is -2.00. The van der Waals surface area contributed by atoms with Gasteiger partial charge in [0.15, 0.2) is 0 Å². The number of anilines is 1. The second-order valence-electron chi connectivity index (χ2n) is 5.96. The molecule has 1 aliphatic rings. The van der Waals surface area contributed by atoms with Crippen molar-refractivity contribution in [1.82, 2.24) is 0 Å². The predicted molar refractivity (Wildman–Crippen MR) is 94.2 cm³/mol. The third-order valence-electron chi connectivity index (χ3n) is 4.14. The first-order valence-corrected chi connectivity index (χ1v) is 8.53. The molecule has 1 aliphatic heterocycles. The molecule has 1 N–H and O–H groups in total. The Morgan fingerprint density at radius 2 is 1.87 bits per heavy atom. The maximum Gasteiger partial charge on any atom is 0.142 e. The monoisotopic (exact) mass is 311 g/mol. The third-order valence-corrected chi connectivity index (χ3v) is 4.14. The maximum atomic E-state index is 5.95. The summed E-state index contributed by atoms with van der Waals surface area (Å²) in [5.74, 6) is 0.919. The number of aryl methyl sites for hydroxylation is 1. The van der Waals surface area contributed by atoms with Crippen LogP contribution in [0.3, 0.4) is 0 Å². The van der Waals surface area contributed by atoms with Gasteiger partial charge in [0.1, 0.15) is 12.4 Å². The Morgan fingerprint density at radius 1 is 1.04 bits per heavy atom. The molecule has 3 heteroatoms. The first kappa shape index (κ1) is 15.9. The summed E-state index contributed by atoms with van der Waals surface area (Å²) in [6, 6.07) is 18.8. The summed E-state index contributed by atoms with van der Waals surface area (Å²) in [4.78, 5) is 0. The van der Waals surface area contributed by atoms with Gasteiger partial charge in [-0.2, -0.15) is 0 Å². The summed E-state index contributed by atoms with van der Waals surface area (Å²) >= 11 is 0. The minimum absolute atomic E-state index is 0.251. The van der Waals surface area contributed by atoms with E-state index in [-0.39, 0.29) is 6.10 Å². The molecule has 1 atom stereocenters. The lowest BCUT2D eigenvalue weighted by Gasteiger charge is -2.15. The van der Waals surface area contributed by atoms with Crippen molar-refractivity contribution in [1.29, 1.82) is 0 Å². The normalized spacial score (nSPS) is 17.1. The molecular formula is C20H25NO2. The molecule has 2 aromatic rings. The lowest BCUT2D eigenvalue weighted by molar-refractivity contribution is 0.0682. The summed E-state index contributed by atoms with van der Waals surface area (Å²) in [7, 11) is 0. The number of rotatable bonds is 8. The van der Waals surface area contributed by atoms with Crippen molar-refractivity contribution in [3.05, 3.63) is 60.2 Å². The number of hydrogen-bond acceptors (Lipinski definition) is 3. The minimum atomic E-state index is 0.251. The van der Waals surface area contributed by atoms with Crippen LogP contribution >= 0.6 is 0 Å². The van der Waals surface area contributed by atoms with Crippen molar-refractivity contribution < 1.29 is 9.47 Å². The standard InChI is InChI=1S/C20H25NO2/c1-2-8-17(9-3-1)10-6-14-21-19-12-4-5-13-20(19)23-16-18-11-7-15-22-18/h1-5,8-9,12-13,18,21H,6-7,10-11,14-16H2. The Kier molecular flexibility index (Phi) is 5.93. The molecule has 1 heterocycles. The van der Waals surface area contributed by atoms with Crippen molar-refractivity contribution >= 4 is 5.69 Å². The van der Waals surface area contributed by atoms with Gasteiger partial charge in [0.25, 0.3) is 0 Å². The van der Waals surface area contributed by atoms with Crippen LogP contribution in [0.1, 0.15) is 24.8 Å². The van der Waals surface area contributed by atoms with Crippen molar-refractivity contribution in [3.8, 4) is 5.75 Å². The highest BCUT2D eigenvalue weighted by Gasteiger charge is 2.16. The van der Waals surface area contributed by atoms with Crippen LogP contribution < -0.4 is 10.1 Å². The van der Waals surface area contributed by atoms with E-state index in [1.165, 1.54) is 5.56 Å². The minimum Gasteiger partial charge on any atom is -0.489 e. The van der Waals surface area contributed by atoms with E-state index in [1.54, 1.807) is 0 Å². The number of nitrogens with one attached hydrogen (secondary N) is 1. The Bertz CT molecular complexity index is 579.